The van der Waals surface area contributed by atoms with Crippen molar-refractivity contribution < 1.29 is 4.79 Å². The van der Waals surface area contributed by atoms with Crippen LogP contribution in [0.2, 0.25) is 0 Å². The van der Waals surface area contributed by atoms with Crippen molar-refractivity contribution in [2.45, 2.75) is 25.7 Å². The number of amides is 1. The van der Waals surface area contributed by atoms with Crippen molar-refractivity contribution in [3.05, 3.63) is 57.2 Å². The number of carbonyl (C=O) groups is 1. The van der Waals surface area contributed by atoms with E-state index in [1.807, 2.05) is 36.1 Å². The molecule has 1 fully saturated rings. The Labute approximate surface area is 159 Å². The van der Waals surface area contributed by atoms with Crippen LogP contribution in [-0.4, -0.2) is 43.5 Å². The van der Waals surface area contributed by atoms with Crippen LogP contribution in [0.1, 0.15) is 40.5 Å². The Balaban J connectivity index is 1.62. The third kappa shape index (κ3) is 3.24. The Bertz CT molecular complexity index is 938. The third-order valence-electron chi connectivity index (χ3n) is 4.61. The zero-order valence-electron chi connectivity index (χ0n) is 13.9. The molecule has 3 heterocycles. The lowest BCUT2D eigenvalue weighted by Crippen LogP contribution is -2.39. The number of likely N-dealkylation sites (tertiary alicyclic amines) is 1. The molecule has 6 nitrogen and oxygen atoms in total. The second-order valence-electron chi connectivity index (χ2n) is 6.39. The number of aromatic nitrogens is 4. The van der Waals surface area contributed by atoms with E-state index < -0.39 is 0 Å². The molecule has 2 aromatic heterocycles. The average molecular weight is 447 g/mol. The molecule has 1 unspecified atom stereocenters. The Kier molecular flexibility index (Phi) is 4.41. The highest BCUT2D eigenvalue weighted by molar-refractivity contribution is 14.1. The molecular weight excluding hydrogens is 429 g/mol. The molecule has 1 aromatic carbocycles. The molecule has 0 aliphatic carbocycles. The van der Waals surface area contributed by atoms with Gasteiger partial charge in [-0.1, -0.05) is 6.07 Å². The first-order valence-corrected chi connectivity index (χ1v) is 9.42. The van der Waals surface area contributed by atoms with E-state index in [0.29, 0.717) is 12.3 Å². The minimum atomic E-state index is 0.101. The standard InChI is InChI=1S/C18H18IN5O/c1-12-8-16(24-18(22-12)20-11-21-24)14-5-3-7-23(10-14)17(25)13-4-2-6-15(19)9-13/h2,4,6,8-9,11,14H,3,5,7,10H2,1H3. The summed E-state index contributed by atoms with van der Waals surface area (Å²) in [4.78, 5) is 23.5. The summed E-state index contributed by atoms with van der Waals surface area (Å²) in [7, 11) is 0. The Morgan fingerprint density at radius 3 is 3.04 bits per heavy atom. The van der Waals surface area contributed by atoms with E-state index in [9.17, 15) is 4.79 Å². The van der Waals surface area contributed by atoms with E-state index in [2.05, 4.69) is 43.7 Å². The van der Waals surface area contributed by atoms with Crippen molar-refractivity contribution in [2.24, 2.45) is 0 Å². The van der Waals surface area contributed by atoms with E-state index >= 15 is 0 Å². The fourth-order valence-corrected chi connectivity index (χ4v) is 4.00. The van der Waals surface area contributed by atoms with E-state index in [1.54, 1.807) is 4.52 Å². The van der Waals surface area contributed by atoms with Crippen molar-refractivity contribution in [2.75, 3.05) is 13.1 Å². The number of rotatable bonds is 2. The van der Waals surface area contributed by atoms with Crippen molar-refractivity contribution in [1.29, 1.82) is 0 Å². The van der Waals surface area contributed by atoms with Crippen LogP contribution in [0.4, 0.5) is 0 Å². The first-order valence-electron chi connectivity index (χ1n) is 8.34. The number of benzene rings is 1. The van der Waals surface area contributed by atoms with Crippen molar-refractivity contribution >= 4 is 34.3 Å². The second-order valence-corrected chi connectivity index (χ2v) is 7.64. The summed E-state index contributed by atoms with van der Waals surface area (Å²) in [5.74, 6) is 0.964. The molecule has 128 valence electrons. The number of hydrogen-bond acceptors (Lipinski definition) is 4. The number of halogens is 1. The molecule has 7 heteroatoms. The van der Waals surface area contributed by atoms with Gasteiger partial charge in [-0.3, -0.25) is 4.79 Å². The van der Waals surface area contributed by atoms with E-state index in [1.165, 1.54) is 6.33 Å². The quantitative estimate of drug-likeness (QED) is 0.567. The van der Waals surface area contributed by atoms with Gasteiger partial charge in [0.15, 0.2) is 0 Å². The molecule has 1 aliphatic heterocycles. The third-order valence-corrected chi connectivity index (χ3v) is 5.28. The maximum atomic E-state index is 12.9. The molecule has 0 saturated carbocycles. The molecule has 0 spiro atoms. The molecule has 0 N–H and O–H groups in total. The minimum absolute atomic E-state index is 0.101. The SMILES string of the molecule is Cc1cc(C2CCCN(C(=O)c3cccc(I)c3)C2)n2ncnc2n1. The number of fused-ring (bicyclic) bond motifs is 1. The van der Waals surface area contributed by atoms with Gasteiger partial charge in [0.2, 0.25) is 0 Å². The molecule has 3 aromatic rings. The lowest BCUT2D eigenvalue weighted by Gasteiger charge is -2.33. The lowest BCUT2D eigenvalue weighted by atomic mass is 9.93. The maximum Gasteiger partial charge on any atom is 0.253 e. The summed E-state index contributed by atoms with van der Waals surface area (Å²) in [6.45, 7) is 3.46. The van der Waals surface area contributed by atoms with Gasteiger partial charge >= 0.3 is 0 Å². The van der Waals surface area contributed by atoms with Crippen LogP contribution < -0.4 is 0 Å². The smallest absolute Gasteiger partial charge is 0.253 e. The van der Waals surface area contributed by atoms with Crippen LogP contribution in [0.3, 0.4) is 0 Å². The number of aryl methyl sites for hydroxylation is 1. The summed E-state index contributed by atoms with van der Waals surface area (Å²) in [6, 6.07) is 9.82. The highest BCUT2D eigenvalue weighted by Gasteiger charge is 2.27. The Morgan fingerprint density at radius 2 is 2.20 bits per heavy atom. The maximum absolute atomic E-state index is 12.9. The van der Waals surface area contributed by atoms with Gasteiger partial charge in [-0.25, -0.2) is 9.50 Å². The highest BCUT2D eigenvalue weighted by atomic mass is 127. The molecule has 1 aliphatic rings. The van der Waals surface area contributed by atoms with E-state index in [-0.39, 0.29) is 11.8 Å². The van der Waals surface area contributed by atoms with E-state index in [4.69, 9.17) is 0 Å². The van der Waals surface area contributed by atoms with Crippen molar-refractivity contribution in [3.63, 3.8) is 0 Å². The fraction of sp³-hybridized carbons (Fsp3) is 0.333. The molecule has 1 atom stereocenters. The predicted molar refractivity (Wildman–Crippen MR) is 103 cm³/mol. The Hall–Kier alpha value is -2.03. The zero-order chi connectivity index (χ0) is 17.4. The van der Waals surface area contributed by atoms with Gasteiger partial charge in [-0.05, 0) is 66.6 Å². The van der Waals surface area contributed by atoms with Crippen LogP contribution in [0.25, 0.3) is 5.78 Å². The minimum Gasteiger partial charge on any atom is -0.338 e. The van der Waals surface area contributed by atoms with Crippen LogP contribution in [0.5, 0.6) is 0 Å². The van der Waals surface area contributed by atoms with Crippen LogP contribution in [-0.2, 0) is 0 Å². The van der Waals surface area contributed by atoms with Gasteiger partial charge in [0.1, 0.15) is 6.33 Å². The number of piperidine rings is 1. The molecule has 1 amide bonds. The summed E-state index contributed by atoms with van der Waals surface area (Å²) in [5.41, 5.74) is 2.76. The molecule has 1 saturated heterocycles. The van der Waals surface area contributed by atoms with Crippen molar-refractivity contribution in [3.8, 4) is 0 Å². The fourth-order valence-electron chi connectivity index (χ4n) is 3.46. The van der Waals surface area contributed by atoms with Crippen molar-refractivity contribution in [1.82, 2.24) is 24.5 Å². The number of hydrogen-bond donors (Lipinski definition) is 0. The largest absolute Gasteiger partial charge is 0.338 e. The predicted octanol–water partition coefficient (Wildman–Crippen LogP) is 3.06. The molecule has 4 rings (SSSR count). The second kappa shape index (κ2) is 6.70. The van der Waals surface area contributed by atoms with Gasteiger partial charge in [-0.15, -0.1) is 0 Å². The molecular formula is C18H18IN5O. The molecule has 0 bridgehead atoms. The van der Waals surface area contributed by atoms with Gasteiger partial charge in [0.05, 0.1) is 5.69 Å². The summed E-state index contributed by atoms with van der Waals surface area (Å²) in [6.07, 6.45) is 3.55. The number of nitrogens with zero attached hydrogens (tertiary/aromatic N) is 5. The molecule has 25 heavy (non-hydrogen) atoms. The van der Waals surface area contributed by atoms with Crippen LogP contribution in [0.15, 0.2) is 36.7 Å². The highest BCUT2D eigenvalue weighted by Crippen LogP contribution is 2.28. The first kappa shape index (κ1) is 16.4. The number of carbonyl (C=O) groups excluding carboxylic acids is 1. The summed E-state index contributed by atoms with van der Waals surface area (Å²) < 4.78 is 2.88. The summed E-state index contributed by atoms with van der Waals surface area (Å²) in [5, 5.41) is 4.31. The monoisotopic (exact) mass is 447 g/mol. The van der Waals surface area contributed by atoms with E-state index in [0.717, 1.165) is 39.9 Å². The van der Waals surface area contributed by atoms with Crippen LogP contribution >= 0.6 is 22.6 Å². The summed E-state index contributed by atoms with van der Waals surface area (Å²) >= 11 is 2.24. The first-order chi connectivity index (χ1) is 12.1. The van der Waals surface area contributed by atoms with Gasteiger partial charge < -0.3 is 4.90 Å². The Morgan fingerprint density at radius 1 is 1.32 bits per heavy atom. The molecule has 0 radical (unpaired) electrons. The average Bonchev–Trinajstić information content (AvgIpc) is 3.08. The zero-order valence-corrected chi connectivity index (χ0v) is 16.0. The lowest BCUT2D eigenvalue weighted by molar-refractivity contribution is 0.0705. The van der Waals surface area contributed by atoms with Crippen LogP contribution in [0, 0.1) is 10.5 Å². The topological polar surface area (TPSA) is 63.4 Å². The normalized spacial score (nSPS) is 17.8. The van der Waals surface area contributed by atoms with Gasteiger partial charge in [0, 0.05) is 33.8 Å². The van der Waals surface area contributed by atoms with Gasteiger partial charge in [0.25, 0.3) is 11.7 Å². The van der Waals surface area contributed by atoms with Gasteiger partial charge in [-0.2, -0.15) is 10.1 Å².